The highest BCUT2D eigenvalue weighted by Crippen LogP contribution is 2.23. The average Bonchev–Trinajstić information content (AvgIpc) is 2.72. The zero-order valence-corrected chi connectivity index (χ0v) is 16.6. The summed E-state index contributed by atoms with van der Waals surface area (Å²) >= 11 is 5.95. The van der Waals surface area contributed by atoms with Crippen LogP contribution in [0.5, 0.6) is 0 Å². The first kappa shape index (κ1) is 20.3. The molecule has 0 spiro atoms. The van der Waals surface area contributed by atoms with Crippen LogP contribution in [0.25, 0.3) is 0 Å². The number of carbonyl (C=O) groups excluding carboxylic acids is 2. The van der Waals surface area contributed by atoms with Gasteiger partial charge >= 0.3 is 0 Å². The Kier molecular flexibility index (Phi) is 6.68. The third kappa shape index (κ3) is 4.90. The van der Waals surface area contributed by atoms with Gasteiger partial charge in [0.15, 0.2) is 0 Å². The predicted octanol–water partition coefficient (Wildman–Crippen LogP) is 4.60. The molecular weight excluding hydrogens is 379 g/mol. The molecule has 2 unspecified atom stereocenters. The summed E-state index contributed by atoms with van der Waals surface area (Å²) in [6.07, 6.45) is 2.27. The van der Waals surface area contributed by atoms with E-state index in [1.54, 1.807) is 4.90 Å². The molecule has 0 saturated carbocycles. The average molecular weight is 403 g/mol. The number of nitrogens with zero attached hydrogens (tertiary/aromatic N) is 1. The predicted molar refractivity (Wildman–Crippen MR) is 108 cm³/mol. The van der Waals surface area contributed by atoms with E-state index in [0.717, 1.165) is 24.8 Å². The number of likely N-dealkylation sites (tertiary alicyclic amines) is 1. The molecule has 4 nitrogen and oxygen atoms in total. The molecule has 1 aliphatic heterocycles. The van der Waals surface area contributed by atoms with Gasteiger partial charge in [0.1, 0.15) is 5.82 Å². The largest absolute Gasteiger partial charge is 0.349 e. The van der Waals surface area contributed by atoms with Gasteiger partial charge in [-0.25, -0.2) is 4.39 Å². The van der Waals surface area contributed by atoms with Gasteiger partial charge < -0.3 is 10.2 Å². The standard InChI is InChI=1S/C22H24ClFN2O2/c1-2-20(15-5-9-18(23)10-6-15)25-21(27)17-4-3-13-26(14-17)22(28)16-7-11-19(24)12-8-16/h5-12,17,20H,2-4,13-14H2,1H3,(H,25,27). The highest BCUT2D eigenvalue weighted by atomic mass is 35.5. The van der Waals surface area contributed by atoms with Crippen molar-refractivity contribution in [3.05, 3.63) is 70.5 Å². The molecule has 2 aromatic rings. The summed E-state index contributed by atoms with van der Waals surface area (Å²) in [7, 11) is 0. The smallest absolute Gasteiger partial charge is 0.253 e. The van der Waals surface area contributed by atoms with Crippen LogP contribution in [0.4, 0.5) is 4.39 Å². The van der Waals surface area contributed by atoms with Crippen molar-refractivity contribution in [2.45, 2.75) is 32.2 Å². The second-order valence-corrected chi connectivity index (χ2v) is 7.55. The van der Waals surface area contributed by atoms with Crippen molar-refractivity contribution in [1.82, 2.24) is 10.2 Å². The van der Waals surface area contributed by atoms with Gasteiger partial charge in [0.05, 0.1) is 12.0 Å². The lowest BCUT2D eigenvalue weighted by atomic mass is 9.95. The fourth-order valence-corrected chi connectivity index (χ4v) is 3.68. The van der Waals surface area contributed by atoms with Crippen molar-refractivity contribution < 1.29 is 14.0 Å². The molecule has 0 aromatic heterocycles. The Morgan fingerprint density at radius 3 is 2.50 bits per heavy atom. The highest BCUT2D eigenvalue weighted by molar-refractivity contribution is 6.30. The Labute approximate surface area is 169 Å². The fourth-order valence-electron chi connectivity index (χ4n) is 3.56. The van der Waals surface area contributed by atoms with Crippen molar-refractivity contribution in [3.63, 3.8) is 0 Å². The lowest BCUT2D eigenvalue weighted by Crippen LogP contribution is -2.46. The summed E-state index contributed by atoms with van der Waals surface area (Å²) in [6.45, 7) is 3.00. The van der Waals surface area contributed by atoms with Crippen LogP contribution in [0, 0.1) is 11.7 Å². The molecule has 1 N–H and O–H groups in total. The number of halogens is 2. The Balaban J connectivity index is 1.64. The van der Waals surface area contributed by atoms with Crippen molar-refractivity contribution in [3.8, 4) is 0 Å². The SMILES string of the molecule is CCC(NC(=O)C1CCCN(C(=O)c2ccc(F)cc2)C1)c1ccc(Cl)cc1. The Morgan fingerprint density at radius 2 is 1.86 bits per heavy atom. The van der Waals surface area contributed by atoms with Crippen molar-refractivity contribution >= 4 is 23.4 Å². The van der Waals surface area contributed by atoms with Crippen LogP contribution in [-0.4, -0.2) is 29.8 Å². The van der Waals surface area contributed by atoms with Crippen LogP contribution >= 0.6 is 11.6 Å². The molecule has 3 rings (SSSR count). The highest BCUT2D eigenvalue weighted by Gasteiger charge is 2.30. The molecule has 2 aromatic carbocycles. The summed E-state index contributed by atoms with van der Waals surface area (Å²) in [6, 6.07) is 12.9. The van der Waals surface area contributed by atoms with Gasteiger partial charge in [-0.15, -0.1) is 0 Å². The minimum atomic E-state index is -0.375. The molecule has 0 aliphatic carbocycles. The Bertz CT molecular complexity index is 823. The minimum Gasteiger partial charge on any atom is -0.349 e. The topological polar surface area (TPSA) is 49.4 Å². The van der Waals surface area contributed by atoms with Crippen LogP contribution in [0.3, 0.4) is 0 Å². The summed E-state index contributed by atoms with van der Waals surface area (Å²) in [5, 5.41) is 3.77. The van der Waals surface area contributed by atoms with E-state index in [-0.39, 0.29) is 29.6 Å². The molecule has 28 heavy (non-hydrogen) atoms. The van der Waals surface area contributed by atoms with Gasteiger partial charge in [0.2, 0.25) is 5.91 Å². The lowest BCUT2D eigenvalue weighted by Gasteiger charge is -2.33. The first-order valence-corrected chi connectivity index (χ1v) is 9.96. The van der Waals surface area contributed by atoms with Gasteiger partial charge in [0, 0.05) is 23.7 Å². The molecule has 0 bridgehead atoms. The summed E-state index contributed by atoms with van der Waals surface area (Å²) in [4.78, 5) is 27.2. The van der Waals surface area contributed by atoms with Crippen molar-refractivity contribution in [2.24, 2.45) is 5.92 Å². The van der Waals surface area contributed by atoms with E-state index in [4.69, 9.17) is 11.6 Å². The van der Waals surface area contributed by atoms with E-state index in [1.807, 2.05) is 31.2 Å². The Hall–Kier alpha value is -2.40. The molecule has 1 aliphatic rings. The second-order valence-electron chi connectivity index (χ2n) is 7.12. The summed E-state index contributed by atoms with van der Waals surface area (Å²) in [5.41, 5.74) is 1.45. The van der Waals surface area contributed by atoms with Gasteiger partial charge in [-0.05, 0) is 61.2 Å². The third-order valence-electron chi connectivity index (χ3n) is 5.17. The fraction of sp³-hybridized carbons (Fsp3) is 0.364. The molecule has 1 saturated heterocycles. The van der Waals surface area contributed by atoms with E-state index in [1.165, 1.54) is 24.3 Å². The van der Waals surface area contributed by atoms with Crippen LogP contribution in [-0.2, 0) is 4.79 Å². The van der Waals surface area contributed by atoms with Gasteiger partial charge in [-0.3, -0.25) is 9.59 Å². The maximum atomic E-state index is 13.1. The number of rotatable bonds is 5. The number of carbonyl (C=O) groups is 2. The maximum Gasteiger partial charge on any atom is 0.253 e. The van der Waals surface area contributed by atoms with E-state index >= 15 is 0 Å². The van der Waals surface area contributed by atoms with Crippen molar-refractivity contribution in [2.75, 3.05) is 13.1 Å². The van der Waals surface area contributed by atoms with E-state index in [0.29, 0.717) is 23.7 Å². The Morgan fingerprint density at radius 1 is 1.18 bits per heavy atom. The molecule has 0 radical (unpaired) electrons. The molecule has 1 heterocycles. The molecule has 148 valence electrons. The quantitative estimate of drug-likeness (QED) is 0.794. The molecule has 2 atom stereocenters. The zero-order valence-electron chi connectivity index (χ0n) is 15.8. The number of benzene rings is 2. The second kappa shape index (κ2) is 9.20. The van der Waals surface area contributed by atoms with Gasteiger partial charge in [-0.2, -0.15) is 0 Å². The van der Waals surface area contributed by atoms with Crippen LogP contribution in [0.15, 0.2) is 48.5 Å². The van der Waals surface area contributed by atoms with E-state index in [9.17, 15) is 14.0 Å². The number of piperidine rings is 1. The number of hydrogen-bond acceptors (Lipinski definition) is 2. The van der Waals surface area contributed by atoms with E-state index < -0.39 is 0 Å². The third-order valence-corrected chi connectivity index (χ3v) is 5.42. The number of amides is 2. The summed E-state index contributed by atoms with van der Waals surface area (Å²) < 4.78 is 13.1. The van der Waals surface area contributed by atoms with E-state index in [2.05, 4.69) is 5.32 Å². The van der Waals surface area contributed by atoms with Crippen molar-refractivity contribution in [1.29, 1.82) is 0 Å². The number of hydrogen-bond donors (Lipinski definition) is 1. The molecule has 1 fully saturated rings. The van der Waals surface area contributed by atoms with Crippen LogP contribution < -0.4 is 5.32 Å². The normalized spacial score (nSPS) is 17.8. The molecule has 6 heteroatoms. The van der Waals surface area contributed by atoms with Gasteiger partial charge in [-0.1, -0.05) is 30.7 Å². The van der Waals surface area contributed by atoms with Gasteiger partial charge in [0.25, 0.3) is 5.91 Å². The van der Waals surface area contributed by atoms with Crippen LogP contribution in [0.1, 0.15) is 48.1 Å². The summed E-state index contributed by atoms with van der Waals surface area (Å²) in [5.74, 6) is -0.833. The maximum absolute atomic E-state index is 13.1. The first-order valence-electron chi connectivity index (χ1n) is 9.58. The van der Waals surface area contributed by atoms with Crippen LogP contribution in [0.2, 0.25) is 5.02 Å². The lowest BCUT2D eigenvalue weighted by molar-refractivity contribution is -0.127. The molecule has 2 amide bonds. The zero-order chi connectivity index (χ0) is 20.1. The monoisotopic (exact) mass is 402 g/mol. The number of nitrogens with one attached hydrogen (secondary N) is 1. The first-order chi connectivity index (χ1) is 13.5. The molecular formula is C22H24ClFN2O2. The minimum absolute atomic E-state index is 0.0431.